The summed E-state index contributed by atoms with van der Waals surface area (Å²) in [6.45, 7) is 2.00. The zero-order valence-electron chi connectivity index (χ0n) is 5.36. The van der Waals surface area contributed by atoms with E-state index in [1.165, 1.54) is 0 Å². The predicted molar refractivity (Wildman–Crippen MR) is 52.3 cm³/mol. The fourth-order valence-electron chi connectivity index (χ4n) is 0.428. The van der Waals surface area contributed by atoms with Crippen molar-refractivity contribution in [1.29, 1.82) is 0 Å². The Morgan fingerprint density at radius 2 is 1.45 bits per heavy atom. The minimum absolute atomic E-state index is 0. The maximum absolute atomic E-state index is 8.63. The van der Waals surface area contributed by atoms with Gasteiger partial charge in [0.2, 0.25) is 0 Å². The maximum atomic E-state index is 8.63. The second kappa shape index (κ2) is 11.9. The smallest absolute Gasteiger partial charge is 0.115 e. The van der Waals surface area contributed by atoms with Crippen LogP contribution in [0.4, 0.5) is 0 Å². The van der Waals surface area contributed by atoms with E-state index < -0.39 is 0 Å². The van der Waals surface area contributed by atoms with E-state index in [-0.39, 0.29) is 24.4 Å². The third-order valence-corrected chi connectivity index (χ3v) is 0.756. The zero-order valence-corrected chi connectivity index (χ0v) is 7.07. The first-order valence-corrected chi connectivity index (χ1v) is 2.42. The molecule has 0 aromatic heterocycles. The van der Waals surface area contributed by atoms with Gasteiger partial charge in [-0.25, -0.2) is 0 Å². The van der Waals surface area contributed by atoms with Crippen LogP contribution in [0.3, 0.4) is 0 Å². The van der Waals surface area contributed by atoms with Crippen LogP contribution < -0.4 is 0 Å². The van der Waals surface area contributed by atoms with Crippen LogP contribution in [0.5, 0.6) is 5.75 Å². The molecule has 0 saturated carbocycles. The molecule has 0 amide bonds. The number of halogens is 1. The average Bonchev–Trinajstić information content (AvgIpc) is 1.94. The molecule has 3 heteroatoms. The summed E-state index contributed by atoms with van der Waals surface area (Å²) in [5.74, 6) is 0.322. The van der Waals surface area contributed by atoms with Crippen LogP contribution in [-0.4, -0.2) is 11.9 Å². The van der Waals surface area contributed by atoms with Gasteiger partial charge in [0.05, 0.1) is 0 Å². The molecule has 0 aliphatic carbocycles. The molecule has 1 aromatic rings. The van der Waals surface area contributed by atoms with E-state index >= 15 is 0 Å². The number of carbonyl (C=O) groups is 1. The van der Waals surface area contributed by atoms with Gasteiger partial charge in [0.1, 0.15) is 12.5 Å². The van der Waals surface area contributed by atoms with Crippen LogP contribution in [0.1, 0.15) is 7.43 Å². The van der Waals surface area contributed by atoms with Crippen molar-refractivity contribution in [3.8, 4) is 5.75 Å². The highest BCUT2D eigenvalue weighted by Crippen LogP contribution is 2.02. The lowest BCUT2D eigenvalue weighted by Crippen LogP contribution is -1.56. The number of phenolic OH excluding ortho intramolecular Hbond substituents is 1. The molecule has 1 N–H and O–H groups in total. The van der Waals surface area contributed by atoms with Gasteiger partial charge in [0.25, 0.3) is 0 Å². The second-order valence-electron chi connectivity index (χ2n) is 1.34. The highest BCUT2D eigenvalue weighted by molar-refractivity contribution is 8.93. The van der Waals surface area contributed by atoms with Crippen molar-refractivity contribution in [3.63, 3.8) is 0 Å². The Morgan fingerprint density at radius 1 is 1.09 bits per heavy atom. The van der Waals surface area contributed by atoms with E-state index in [0.29, 0.717) is 5.75 Å². The molecule has 1 rings (SSSR count). The molecule has 0 saturated heterocycles. The van der Waals surface area contributed by atoms with Crippen LogP contribution in [0, 0.1) is 0 Å². The number of hydrogen-bond acceptors (Lipinski definition) is 2. The quantitative estimate of drug-likeness (QED) is 0.730. The van der Waals surface area contributed by atoms with Gasteiger partial charge in [-0.05, 0) is 12.1 Å². The topological polar surface area (TPSA) is 37.3 Å². The number of aromatic hydroxyl groups is 1. The first kappa shape index (κ1) is 16.6. The summed E-state index contributed by atoms with van der Waals surface area (Å²) >= 11 is 0. The Morgan fingerprint density at radius 3 is 1.64 bits per heavy atom. The van der Waals surface area contributed by atoms with Crippen molar-refractivity contribution in [1.82, 2.24) is 0 Å². The van der Waals surface area contributed by atoms with Gasteiger partial charge in [0, 0.05) is 0 Å². The number of para-hydroxylation sites is 1. The molecule has 0 aliphatic heterocycles. The monoisotopic (exact) mass is 220 g/mol. The van der Waals surface area contributed by atoms with Crippen LogP contribution >= 0.6 is 17.0 Å². The fraction of sp³-hybridized carbons (Fsp3) is 0.125. The van der Waals surface area contributed by atoms with Gasteiger partial charge < -0.3 is 9.90 Å². The molecule has 0 unspecified atom stereocenters. The number of phenols is 1. The van der Waals surface area contributed by atoms with Crippen LogP contribution in [0.15, 0.2) is 30.3 Å². The van der Waals surface area contributed by atoms with Crippen molar-refractivity contribution in [2.45, 2.75) is 7.43 Å². The third-order valence-electron chi connectivity index (χ3n) is 0.756. The highest BCUT2D eigenvalue weighted by atomic mass is 79.9. The molecule has 1 aromatic carbocycles. The van der Waals surface area contributed by atoms with Gasteiger partial charge in [0.15, 0.2) is 0 Å². The lowest BCUT2D eigenvalue weighted by Gasteiger charge is -1.82. The number of benzene rings is 1. The van der Waals surface area contributed by atoms with Gasteiger partial charge in [-0.2, -0.15) is 0 Å². The van der Waals surface area contributed by atoms with Crippen LogP contribution in [0.25, 0.3) is 0 Å². The number of rotatable bonds is 0. The van der Waals surface area contributed by atoms with Crippen molar-refractivity contribution in [3.05, 3.63) is 30.3 Å². The molecule has 2 nitrogen and oxygen atoms in total. The lowest BCUT2D eigenvalue weighted by atomic mass is 10.3. The summed E-state index contributed by atoms with van der Waals surface area (Å²) in [5, 5.41) is 8.63. The molecular weight excluding hydrogens is 208 g/mol. The SMILES string of the molecule is Br.C.C=O.Oc1ccccc1. The van der Waals surface area contributed by atoms with Crippen LogP contribution in [0.2, 0.25) is 0 Å². The van der Waals surface area contributed by atoms with Crippen LogP contribution in [-0.2, 0) is 4.79 Å². The van der Waals surface area contributed by atoms with Gasteiger partial charge in [-0.1, -0.05) is 25.6 Å². The summed E-state index contributed by atoms with van der Waals surface area (Å²) in [6, 6.07) is 8.71. The molecule has 0 aliphatic rings. The van der Waals surface area contributed by atoms with Crippen molar-refractivity contribution in [2.24, 2.45) is 0 Å². The molecule has 0 atom stereocenters. The van der Waals surface area contributed by atoms with E-state index in [1.807, 2.05) is 12.9 Å². The summed E-state index contributed by atoms with van der Waals surface area (Å²) in [4.78, 5) is 8.00. The molecule has 0 fully saturated rings. The number of carbonyl (C=O) groups excluding carboxylic acids is 1. The van der Waals surface area contributed by atoms with E-state index in [9.17, 15) is 0 Å². The molecular formula is C8H13BrO2. The second-order valence-corrected chi connectivity index (χ2v) is 1.34. The minimum Gasteiger partial charge on any atom is -0.508 e. The van der Waals surface area contributed by atoms with Gasteiger partial charge in [-0.15, -0.1) is 17.0 Å². The lowest BCUT2D eigenvalue weighted by molar-refractivity contribution is -0.0979. The van der Waals surface area contributed by atoms with Gasteiger partial charge in [-0.3, -0.25) is 0 Å². The van der Waals surface area contributed by atoms with Crippen molar-refractivity contribution < 1.29 is 9.90 Å². The molecule has 0 spiro atoms. The summed E-state index contributed by atoms with van der Waals surface area (Å²) in [5.41, 5.74) is 0. The molecule has 64 valence electrons. The fourth-order valence-corrected chi connectivity index (χ4v) is 0.428. The maximum Gasteiger partial charge on any atom is 0.115 e. The largest absolute Gasteiger partial charge is 0.508 e. The normalized spacial score (nSPS) is 5.82. The summed E-state index contributed by atoms with van der Waals surface area (Å²) < 4.78 is 0. The average molecular weight is 221 g/mol. The summed E-state index contributed by atoms with van der Waals surface area (Å²) in [6.07, 6.45) is 0. The third kappa shape index (κ3) is 9.17. The molecule has 0 radical (unpaired) electrons. The molecule has 0 bridgehead atoms. The van der Waals surface area contributed by atoms with Crippen molar-refractivity contribution in [2.75, 3.05) is 0 Å². The minimum atomic E-state index is 0. The first-order chi connectivity index (χ1) is 4.39. The Labute approximate surface area is 77.6 Å². The Bertz CT molecular complexity index is 153. The number of hydrogen-bond donors (Lipinski definition) is 1. The molecule has 11 heavy (non-hydrogen) atoms. The van der Waals surface area contributed by atoms with E-state index in [1.54, 1.807) is 24.3 Å². The van der Waals surface area contributed by atoms with Gasteiger partial charge >= 0.3 is 0 Å². The summed E-state index contributed by atoms with van der Waals surface area (Å²) in [7, 11) is 0. The highest BCUT2D eigenvalue weighted by Gasteiger charge is 1.74. The van der Waals surface area contributed by atoms with Crippen molar-refractivity contribution >= 4 is 23.8 Å². The van der Waals surface area contributed by atoms with E-state index in [0.717, 1.165) is 0 Å². The predicted octanol–water partition coefficient (Wildman–Crippen LogP) is 2.42. The Balaban J connectivity index is -0.000000149. The zero-order chi connectivity index (χ0) is 7.11. The first-order valence-electron chi connectivity index (χ1n) is 2.42. The molecule has 0 heterocycles. The van der Waals surface area contributed by atoms with E-state index in [2.05, 4.69) is 0 Å². The Kier molecular flexibility index (Phi) is 18.0. The Hall–Kier alpha value is -0.830. The van der Waals surface area contributed by atoms with E-state index in [4.69, 9.17) is 9.90 Å². The standard InChI is InChI=1S/C6H6O.CH2O.CH4.BrH/c7-6-4-2-1-3-5-6;1-2;;/h1-5,7H;1H2;1H4;1H.